The Balaban J connectivity index is 0.000000435. The van der Waals surface area contributed by atoms with Crippen molar-refractivity contribution in [1.82, 2.24) is 5.32 Å². The van der Waals surface area contributed by atoms with Crippen molar-refractivity contribution in [2.24, 2.45) is 11.5 Å². The molecular weight excluding hydrogens is 651 g/mol. The molecule has 270 valence electrons. The largest absolute Gasteiger partial charge is 0.405 e. The van der Waals surface area contributed by atoms with Gasteiger partial charge in [0.05, 0.1) is 0 Å². The van der Waals surface area contributed by atoms with Crippen molar-refractivity contribution in [3.63, 3.8) is 0 Å². The summed E-state index contributed by atoms with van der Waals surface area (Å²) < 4.78 is 0. The molecule has 5 N–H and O–H groups in total. The second-order valence-electron chi connectivity index (χ2n) is 11.7. The predicted molar refractivity (Wildman–Crippen MR) is 238 cm³/mol. The van der Waals surface area contributed by atoms with Crippen LogP contribution in [0, 0.1) is 0 Å². The van der Waals surface area contributed by atoms with E-state index in [9.17, 15) is 0 Å². The molecule has 0 fully saturated rings. The normalized spacial score (nSPS) is 15.8. The van der Waals surface area contributed by atoms with Crippen LogP contribution >= 0.6 is 12.6 Å². The molecule has 0 saturated carbocycles. The number of hydrogen-bond donors (Lipinski definition) is 4. The lowest BCUT2D eigenvalue weighted by molar-refractivity contribution is 0.641. The first-order valence-electron chi connectivity index (χ1n) is 17.1. The zero-order valence-electron chi connectivity index (χ0n) is 31.0. The van der Waals surface area contributed by atoms with E-state index in [-0.39, 0.29) is 5.41 Å². The molecule has 3 rings (SSSR count). The summed E-state index contributed by atoms with van der Waals surface area (Å²) in [4.78, 5) is 0. The molecule has 0 aliphatic carbocycles. The van der Waals surface area contributed by atoms with Gasteiger partial charge in [0.2, 0.25) is 0 Å². The maximum atomic E-state index is 5.37. The first kappa shape index (κ1) is 44.5. The van der Waals surface area contributed by atoms with Gasteiger partial charge < -0.3 is 16.8 Å². The van der Waals surface area contributed by atoms with Gasteiger partial charge in [0.25, 0.3) is 0 Å². The van der Waals surface area contributed by atoms with E-state index in [1.165, 1.54) is 22.9 Å². The molecule has 0 aromatic heterocycles. The van der Waals surface area contributed by atoms with Gasteiger partial charge in [-0.3, -0.25) is 0 Å². The number of benzene rings is 2. The first-order chi connectivity index (χ1) is 25.2. The number of allylic oxidation sites excluding steroid dienone is 19. The van der Waals surface area contributed by atoms with E-state index in [0.717, 1.165) is 34.4 Å². The topological polar surface area (TPSA) is 64.1 Å². The molecule has 1 heterocycles. The lowest BCUT2D eigenvalue weighted by Crippen LogP contribution is -2.18. The lowest BCUT2D eigenvalue weighted by atomic mass is 9.77. The number of hydrogen-bond acceptors (Lipinski definition) is 4. The average Bonchev–Trinajstić information content (AvgIpc) is 3.15. The maximum Gasteiger partial charge on any atom is 0.0401 e. The Bertz CT molecular complexity index is 1750. The Morgan fingerprint density at radius 3 is 2.23 bits per heavy atom. The minimum absolute atomic E-state index is 0.177. The summed E-state index contributed by atoms with van der Waals surface area (Å²) >= 11 is 4.32. The van der Waals surface area contributed by atoms with E-state index in [0.29, 0.717) is 12.3 Å². The molecule has 0 radical (unpaired) electrons. The van der Waals surface area contributed by atoms with Crippen LogP contribution in [-0.4, -0.2) is 18.8 Å². The highest BCUT2D eigenvalue weighted by Crippen LogP contribution is 2.33. The number of thiol groups is 1. The number of nitrogens with two attached hydrogens (primary N) is 2. The minimum atomic E-state index is -0.177. The summed E-state index contributed by atoms with van der Waals surface area (Å²) in [7, 11) is 0. The third kappa shape index (κ3) is 17.4. The van der Waals surface area contributed by atoms with Crippen molar-refractivity contribution in [2.45, 2.75) is 19.3 Å². The van der Waals surface area contributed by atoms with E-state index >= 15 is 0 Å². The zero-order chi connectivity index (χ0) is 38.5. The monoisotopic (exact) mass is 707 g/mol. The third-order valence-electron chi connectivity index (χ3n) is 7.66. The van der Waals surface area contributed by atoms with Crippen molar-refractivity contribution in [2.75, 3.05) is 18.8 Å². The van der Waals surface area contributed by atoms with E-state index in [4.69, 9.17) is 11.5 Å². The van der Waals surface area contributed by atoms with Crippen LogP contribution in [0.5, 0.6) is 0 Å². The van der Waals surface area contributed by atoms with Gasteiger partial charge in [-0.05, 0) is 75.2 Å². The van der Waals surface area contributed by atoms with Crippen LogP contribution in [0.2, 0.25) is 0 Å². The summed E-state index contributed by atoms with van der Waals surface area (Å²) in [6, 6.07) is 18.8. The summed E-state index contributed by atoms with van der Waals surface area (Å²) in [6.45, 7) is 25.1. The molecule has 0 atom stereocenters. The van der Waals surface area contributed by atoms with Gasteiger partial charge in [0.15, 0.2) is 0 Å². The Kier molecular flexibility index (Phi) is 23.3. The molecule has 1 aliphatic heterocycles. The molecular formula is C48H57N3S. The fourth-order valence-electron chi connectivity index (χ4n) is 4.57. The number of rotatable bonds is 14. The molecule has 0 amide bonds. The highest BCUT2D eigenvalue weighted by atomic mass is 32.1. The Hall–Kier alpha value is -5.55. The zero-order valence-corrected chi connectivity index (χ0v) is 31.9. The summed E-state index contributed by atoms with van der Waals surface area (Å²) in [5.41, 5.74) is 19.4. The molecule has 0 spiro atoms. The smallest absolute Gasteiger partial charge is 0.0401 e. The van der Waals surface area contributed by atoms with Crippen LogP contribution in [0.4, 0.5) is 0 Å². The molecule has 3 nitrogen and oxygen atoms in total. The van der Waals surface area contributed by atoms with Crippen LogP contribution in [-0.2, 0) is 5.41 Å². The van der Waals surface area contributed by atoms with Gasteiger partial charge in [0.1, 0.15) is 0 Å². The SMILES string of the molecule is C=C/C=C(\C=C1/CN/C=C\C=C/C1=C)c1ccccc1.C=C/C=C\C(=C/CS)c1cccc(C(C)(C)C(=C)/C=C\C=C/N)c1.C=C/C=C\C=C/CN. The lowest BCUT2D eigenvalue weighted by Gasteiger charge is -2.27. The fourth-order valence-corrected chi connectivity index (χ4v) is 4.77. The van der Waals surface area contributed by atoms with Crippen molar-refractivity contribution in [3.05, 3.63) is 243 Å². The van der Waals surface area contributed by atoms with Crippen LogP contribution < -0.4 is 16.8 Å². The van der Waals surface area contributed by atoms with E-state index in [1.54, 1.807) is 18.2 Å². The van der Waals surface area contributed by atoms with Crippen molar-refractivity contribution in [1.29, 1.82) is 0 Å². The maximum absolute atomic E-state index is 5.37. The standard InChI is InChI=1S/C22H27NS.C19H19N.C7H11N/c1-5-6-11-19(14-16-24)20-12-9-13-21(17-20)22(3,4)18(2)10-7-8-15-23;1-3-9-18(17-11-5-4-6-12-17)14-19-15-20-13-8-7-10-16(19)2;1-2-3-4-5-6-7-8/h5-15,17,24H,1-2,16,23H2,3-4H3;3-14,20H,1-2,15H2;2-6H,1,7-8H2/b10-7-,11-6-,15-8-,19-14+;10-7-,13-8-,18-9+,19-14+;4-3-,6-5-. The second kappa shape index (κ2) is 27.2. The molecule has 2 aromatic carbocycles. The molecule has 0 bridgehead atoms. The van der Waals surface area contributed by atoms with E-state index < -0.39 is 0 Å². The van der Waals surface area contributed by atoms with Crippen LogP contribution in [0.25, 0.3) is 11.1 Å². The van der Waals surface area contributed by atoms with Gasteiger partial charge in [-0.25, -0.2) is 0 Å². The molecule has 1 aliphatic rings. The highest BCUT2D eigenvalue weighted by Gasteiger charge is 2.23. The van der Waals surface area contributed by atoms with Crippen LogP contribution in [0.15, 0.2) is 226 Å². The van der Waals surface area contributed by atoms with Gasteiger partial charge in [-0.2, -0.15) is 12.6 Å². The van der Waals surface area contributed by atoms with Crippen molar-refractivity contribution in [3.8, 4) is 0 Å². The van der Waals surface area contributed by atoms with Gasteiger partial charge >= 0.3 is 0 Å². The third-order valence-corrected chi connectivity index (χ3v) is 7.84. The first-order valence-corrected chi connectivity index (χ1v) is 17.8. The molecule has 2 aromatic rings. The quantitative estimate of drug-likeness (QED) is 0.117. The second-order valence-corrected chi connectivity index (χ2v) is 12.1. The summed E-state index contributed by atoms with van der Waals surface area (Å²) in [6.07, 6.45) is 38.2. The van der Waals surface area contributed by atoms with E-state index in [1.807, 2.05) is 97.3 Å². The molecule has 4 heteroatoms. The fraction of sp³-hybridized carbons (Fsp3) is 0.125. The van der Waals surface area contributed by atoms with Crippen molar-refractivity contribution >= 4 is 23.8 Å². The summed E-state index contributed by atoms with van der Waals surface area (Å²) in [5, 5.41) is 3.25. The Morgan fingerprint density at radius 2 is 1.58 bits per heavy atom. The highest BCUT2D eigenvalue weighted by molar-refractivity contribution is 7.80. The Labute approximate surface area is 320 Å². The average molecular weight is 708 g/mol. The predicted octanol–water partition coefficient (Wildman–Crippen LogP) is 11.3. The van der Waals surface area contributed by atoms with E-state index in [2.05, 4.69) is 119 Å². The number of nitrogens with one attached hydrogen (secondary N) is 1. The Morgan fingerprint density at radius 1 is 0.846 bits per heavy atom. The van der Waals surface area contributed by atoms with Crippen LogP contribution in [0.1, 0.15) is 30.5 Å². The van der Waals surface area contributed by atoms with Crippen LogP contribution in [0.3, 0.4) is 0 Å². The summed E-state index contributed by atoms with van der Waals surface area (Å²) in [5.74, 6) is 0.686. The molecule has 0 unspecified atom stereocenters. The minimum Gasteiger partial charge on any atom is -0.405 e. The van der Waals surface area contributed by atoms with Gasteiger partial charge in [-0.1, -0.05) is 192 Å². The molecule has 0 saturated heterocycles. The van der Waals surface area contributed by atoms with Crippen molar-refractivity contribution < 1.29 is 0 Å². The van der Waals surface area contributed by atoms with Gasteiger partial charge in [0, 0.05) is 24.3 Å². The van der Waals surface area contributed by atoms with Gasteiger partial charge in [-0.15, -0.1) is 0 Å². The molecule has 52 heavy (non-hydrogen) atoms.